The lowest BCUT2D eigenvalue weighted by Gasteiger charge is -2.06. The van der Waals surface area contributed by atoms with Crippen LogP contribution in [0.3, 0.4) is 0 Å². The zero-order valence-corrected chi connectivity index (χ0v) is 8.43. The molecule has 0 unspecified atom stereocenters. The van der Waals surface area contributed by atoms with Gasteiger partial charge < -0.3 is 0 Å². The molecule has 1 aromatic rings. The molecule has 0 aliphatic rings. The smallest absolute Gasteiger partial charge is 0.143 e. The fourth-order valence-electron chi connectivity index (χ4n) is 1.23. The van der Waals surface area contributed by atoms with Crippen LogP contribution in [0, 0.1) is 6.92 Å². The van der Waals surface area contributed by atoms with Crippen LogP contribution >= 0.6 is 11.6 Å². The molecule has 0 radical (unpaired) electrons. The average Bonchev–Trinajstić information content (AvgIpc) is 2.10. The SMILES string of the molecule is CC(=CC=O)c1cccc(Cl)c1C. The summed E-state index contributed by atoms with van der Waals surface area (Å²) in [6.07, 6.45) is 2.33. The molecule has 0 amide bonds. The summed E-state index contributed by atoms with van der Waals surface area (Å²) in [5.41, 5.74) is 2.98. The predicted octanol–water partition coefficient (Wildman–Crippen LogP) is 3.25. The number of halogens is 1. The number of hydrogen-bond acceptors (Lipinski definition) is 1. The van der Waals surface area contributed by atoms with Gasteiger partial charge in [0.25, 0.3) is 0 Å². The lowest BCUT2D eigenvalue weighted by atomic mass is 10.0. The van der Waals surface area contributed by atoms with Crippen molar-refractivity contribution < 1.29 is 4.79 Å². The summed E-state index contributed by atoms with van der Waals surface area (Å²) in [7, 11) is 0. The molecule has 13 heavy (non-hydrogen) atoms. The van der Waals surface area contributed by atoms with Crippen molar-refractivity contribution in [3.63, 3.8) is 0 Å². The summed E-state index contributed by atoms with van der Waals surface area (Å²) in [5.74, 6) is 0. The molecule has 68 valence electrons. The molecule has 0 spiro atoms. The van der Waals surface area contributed by atoms with Gasteiger partial charge in [-0.05, 0) is 42.7 Å². The van der Waals surface area contributed by atoms with Gasteiger partial charge in [-0.15, -0.1) is 0 Å². The van der Waals surface area contributed by atoms with E-state index in [9.17, 15) is 4.79 Å². The molecule has 0 aliphatic carbocycles. The normalized spacial score (nSPS) is 11.5. The summed E-state index contributed by atoms with van der Waals surface area (Å²) < 4.78 is 0. The van der Waals surface area contributed by atoms with E-state index in [1.165, 1.54) is 0 Å². The Bertz CT molecular complexity index is 353. The van der Waals surface area contributed by atoms with Gasteiger partial charge in [-0.1, -0.05) is 23.7 Å². The Morgan fingerprint density at radius 1 is 1.46 bits per heavy atom. The van der Waals surface area contributed by atoms with Gasteiger partial charge in [0.05, 0.1) is 0 Å². The topological polar surface area (TPSA) is 17.1 Å². The van der Waals surface area contributed by atoms with Crippen LogP contribution in [-0.2, 0) is 4.79 Å². The highest BCUT2D eigenvalue weighted by atomic mass is 35.5. The Balaban J connectivity index is 3.22. The second-order valence-electron chi connectivity index (χ2n) is 2.90. The van der Waals surface area contributed by atoms with Gasteiger partial charge in [0, 0.05) is 5.02 Å². The zero-order chi connectivity index (χ0) is 9.84. The molecule has 0 N–H and O–H groups in total. The van der Waals surface area contributed by atoms with E-state index < -0.39 is 0 Å². The number of benzene rings is 1. The molecule has 0 atom stereocenters. The van der Waals surface area contributed by atoms with E-state index in [1.807, 2.05) is 32.0 Å². The van der Waals surface area contributed by atoms with Gasteiger partial charge in [-0.25, -0.2) is 0 Å². The minimum absolute atomic E-state index is 0.733. The summed E-state index contributed by atoms with van der Waals surface area (Å²) >= 11 is 5.94. The number of aldehydes is 1. The quantitative estimate of drug-likeness (QED) is 0.522. The molecular formula is C11H11ClO. The highest BCUT2D eigenvalue weighted by Crippen LogP contribution is 2.24. The number of allylic oxidation sites excluding steroid dienone is 2. The third-order valence-electron chi connectivity index (χ3n) is 2.01. The van der Waals surface area contributed by atoms with Crippen molar-refractivity contribution in [2.24, 2.45) is 0 Å². The van der Waals surface area contributed by atoms with E-state index in [0.29, 0.717) is 0 Å². The third-order valence-corrected chi connectivity index (χ3v) is 2.42. The minimum atomic E-state index is 0.733. The van der Waals surface area contributed by atoms with E-state index in [4.69, 9.17) is 11.6 Å². The molecule has 1 nitrogen and oxygen atoms in total. The van der Waals surface area contributed by atoms with Crippen molar-refractivity contribution in [1.82, 2.24) is 0 Å². The standard InChI is InChI=1S/C11H11ClO/c1-8(6-7-13)10-4-3-5-11(12)9(10)2/h3-7H,1-2H3. The van der Waals surface area contributed by atoms with Crippen LogP contribution in [0.5, 0.6) is 0 Å². The van der Waals surface area contributed by atoms with Crippen LogP contribution in [0.25, 0.3) is 5.57 Å². The molecule has 0 aromatic heterocycles. The van der Waals surface area contributed by atoms with Crippen molar-refractivity contribution >= 4 is 23.5 Å². The van der Waals surface area contributed by atoms with Crippen LogP contribution < -0.4 is 0 Å². The molecule has 0 aliphatic heterocycles. The van der Waals surface area contributed by atoms with Gasteiger partial charge in [0.15, 0.2) is 0 Å². The molecule has 0 saturated heterocycles. The molecule has 1 aromatic carbocycles. The Labute approximate surface area is 83.0 Å². The van der Waals surface area contributed by atoms with Crippen molar-refractivity contribution in [2.75, 3.05) is 0 Å². The van der Waals surface area contributed by atoms with Gasteiger partial charge in [0.1, 0.15) is 6.29 Å². The molecular weight excluding hydrogens is 184 g/mol. The van der Waals surface area contributed by atoms with Crippen molar-refractivity contribution in [1.29, 1.82) is 0 Å². The van der Waals surface area contributed by atoms with Crippen LogP contribution in [0.4, 0.5) is 0 Å². The first-order valence-electron chi connectivity index (χ1n) is 4.04. The Hall–Kier alpha value is -1.08. The maximum Gasteiger partial charge on any atom is 0.143 e. The Kier molecular flexibility index (Phi) is 3.26. The second kappa shape index (κ2) is 4.24. The van der Waals surface area contributed by atoms with E-state index in [-0.39, 0.29) is 0 Å². The summed E-state index contributed by atoms with van der Waals surface area (Å²) in [6, 6.07) is 5.68. The first-order valence-corrected chi connectivity index (χ1v) is 4.42. The average molecular weight is 195 g/mol. The lowest BCUT2D eigenvalue weighted by molar-refractivity contribution is -0.104. The van der Waals surface area contributed by atoms with Crippen molar-refractivity contribution in [2.45, 2.75) is 13.8 Å². The molecule has 0 bridgehead atoms. The van der Waals surface area contributed by atoms with E-state index in [0.717, 1.165) is 28.0 Å². The summed E-state index contributed by atoms with van der Waals surface area (Å²) in [4.78, 5) is 10.3. The van der Waals surface area contributed by atoms with Gasteiger partial charge >= 0.3 is 0 Å². The van der Waals surface area contributed by atoms with Crippen LogP contribution in [0.1, 0.15) is 18.1 Å². The fraction of sp³-hybridized carbons (Fsp3) is 0.182. The van der Waals surface area contributed by atoms with Crippen molar-refractivity contribution in [3.05, 3.63) is 40.4 Å². The number of hydrogen-bond donors (Lipinski definition) is 0. The molecule has 2 heteroatoms. The van der Waals surface area contributed by atoms with Gasteiger partial charge in [-0.3, -0.25) is 4.79 Å². The van der Waals surface area contributed by atoms with Crippen LogP contribution in [0.2, 0.25) is 5.02 Å². The number of carbonyl (C=O) groups excluding carboxylic acids is 1. The van der Waals surface area contributed by atoms with Crippen LogP contribution in [-0.4, -0.2) is 6.29 Å². The van der Waals surface area contributed by atoms with Crippen LogP contribution in [0.15, 0.2) is 24.3 Å². The largest absolute Gasteiger partial charge is 0.299 e. The maximum atomic E-state index is 10.3. The second-order valence-corrected chi connectivity index (χ2v) is 3.31. The Morgan fingerprint density at radius 2 is 2.15 bits per heavy atom. The summed E-state index contributed by atoms with van der Waals surface area (Å²) in [5, 5.41) is 0.733. The van der Waals surface area contributed by atoms with E-state index >= 15 is 0 Å². The van der Waals surface area contributed by atoms with E-state index in [2.05, 4.69) is 0 Å². The highest BCUT2D eigenvalue weighted by Gasteiger charge is 2.02. The maximum absolute atomic E-state index is 10.3. The van der Waals surface area contributed by atoms with Gasteiger partial charge in [-0.2, -0.15) is 0 Å². The first-order chi connectivity index (χ1) is 6.16. The Morgan fingerprint density at radius 3 is 2.77 bits per heavy atom. The molecule has 0 heterocycles. The zero-order valence-electron chi connectivity index (χ0n) is 7.67. The fourth-order valence-corrected chi connectivity index (χ4v) is 1.40. The molecule has 1 rings (SSSR count). The van der Waals surface area contributed by atoms with Gasteiger partial charge in [0.2, 0.25) is 0 Å². The summed E-state index contributed by atoms with van der Waals surface area (Å²) in [6.45, 7) is 3.84. The van der Waals surface area contributed by atoms with Crippen molar-refractivity contribution in [3.8, 4) is 0 Å². The monoisotopic (exact) mass is 194 g/mol. The molecule has 0 saturated carbocycles. The minimum Gasteiger partial charge on any atom is -0.299 e. The number of carbonyl (C=O) groups is 1. The number of rotatable bonds is 2. The molecule has 0 fully saturated rings. The lowest BCUT2D eigenvalue weighted by Crippen LogP contribution is -1.86. The first kappa shape index (κ1) is 10.0. The predicted molar refractivity (Wildman–Crippen MR) is 55.9 cm³/mol. The highest BCUT2D eigenvalue weighted by molar-refractivity contribution is 6.31. The van der Waals surface area contributed by atoms with E-state index in [1.54, 1.807) is 6.08 Å². The third kappa shape index (κ3) is 2.19.